The zero-order valence-electron chi connectivity index (χ0n) is 8.45. The average molecular weight is 339 g/mol. The standard InChI is InChI=1S/C8H12Cl2O2S4/c9-7(11)15-13-5-3-1-2-4-6-14-16-8(10)12/h1-6H2. The van der Waals surface area contributed by atoms with Crippen LogP contribution in [-0.4, -0.2) is 20.7 Å². The van der Waals surface area contributed by atoms with Gasteiger partial charge in [0.25, 0.3) is 9.15 Å². The van der Waals surface area contributed by atoms with Gasteiger partial charge in [-0.25, -0.2) is 0 Å². The lowest BCUT2D eigenvalue weighted by atomic mass is 10.2. The van der Waals surface area contributed by atoms with Gasteiger partial charge in [-0.2, -0.15) is 0 Å². The van der Waals surface area contributed by atoms with Crippen molar-refractivity contribution in [3.63, 3.8) is 0 Å². The van der Waals surface area contributed by atoms with Gasteiger partial charge in [0, 0.05) is 11.5 Å². The molecule has 0 N–H and O–H groups in total. The van der Waals surface area contributed by atoms with Crippen LogP contribution in [0.4, 0.5) is 9.59 Å². The first-order valence-corrected chi connectivity index (χ1v) is 10.00. The maximum Gasteiger partial charge on any atom is 0.290 e. The van der Waals surface area contributed by atoms with Crippen LogP contribution in [0, 0.1) is 0 Å². The second-order valence-electron chi connectivity index (χ2n) is 2.70. The van der Waals surface area contributed by atoms with Gasteiger partial charge in [-0.1, -0.05) is 34.4 Å². The number of hydrogen-bond donors (Lipinski definition) is 0. The van der Waals surface area contributed by atoms with Crippen LogP contribution in [0.25, 0.3) is 0 Å². The van der Waals surface area contributed by atoms with Crippen LogP contribution in [0.2, 0.25) is 0 Å². The van der Waals surface area contributed by atoms with Gasteiger partial charge < -0.3 is 0 Å². The molecule has 0 aliphatic carbocycles. The van der Waals surface area contributed by atoms with E-state index in [0.29, 0.717) is 0 Å². The number of halogens is 2. The minimum atomic E-state index is -0.357. The first-order valence-electron chi connectivity index (χ1n) is 4.61. The molecule has 0 spiro atoms. The molecule has 0 unspecified atom stereocenters. The SMILES string of the molecule is O=C(Cl)SSCCCCCCSSC(=O)Cl. The summed E-state index contributed by atoms with van der Waals surface area (Å²) < 4.78 is -0.715. The van der Waals surface area contributed by atoms with Gasteiger partial charge in [0.15, 0.2) is 0 Å². The lowest BCUT2D eigenvalue weighted by molar-refractivity contribution is 0.275. The van der Waals surface area contributed by atoms with E-state index in [9.17, 15) is 9.59 Å². The third-order valence-corrected chi connectivity index (χ3v) is 6.49. The Morgan fingerprint density at radius 3 is 1.44 bits per heavy atom. The van der Waals surface area contributed by atoms with Crippen LogP contribution in [0.1, 0.15) is 25.7 Å². The predicted octanol–water partition coefficient (Wildman–Crippen LogP) is 6.03. The molecule has 0 aromatic carbocycles. The van der Waals surface area contributed by atoms with Crippen LogP contribution in [-0.2, 0) is 0 Å². The van der Waals surface area contributed by atoms with Crippen molar-refractivity contribution in [2.75, 3.05) is 11.5 Å². The summed E-state index contributed by atoms with van der Waals surface area (Å²) in [5.74, 6) is 1.90. The first kappa shape index (κ1) is 17.3. The number of carbonyl (C=O) groups is 2. The molecule has 0 saturated heterocycles. The Morgan fingerprint density at radius 2 is 1.12 bits per heavy atom. The number of unbranched alkanes of at least 4 members (excludes halogenated alkanes) is 3. The summed E-state index contributed by atoms with van der Waals surface area (Å²) in [6, 6.07) is 0. The minimum Gasteiger partial charge on any atom is -0.267 e. The molecule has 0 heterocycles. The maximum atomic E-state index is 10.4. The van der Waals surface area contributed by atoms with Crippen molar-refractivity contribution in [1.82, 2.24) is 0 Å². The first-order chi connectivity index (χ1) is 7.63. The molecule has 0 bridgehead atoms. The van der Waals surface area contributed by atoms with E-state index in [1.807, 2.05) is 0 Å². The second-order valence-corrected chi connectivity index (χ2v) is 8.61. The van der Waals surface area contributed by atoms with Gasteiger partial charge >= 0.3 is 0 Å². The van der Waals surface area contributed by atoms with Crippen LogP contribution >= 0.6 is 66.4 Å². The molecule has 0 rings (SSSR count). The molecule has 0 aliphatic rings. The Kier molecular flexibility index (Phi) is 13.8. The normalized spacial score (nSPS) is 10.4. The second kappa shape index (κ2) is 12.8. The minimum absolute atomic E-state index is 0.357. The van der Waals surface area contributed by atoms with Crippen LogP contribution in [0.15, 0.2) is 0 Å². The molecule has 0 fully saturated rings. The fourth-order valence-electron chi connectivity index (χ4n) is 0.852. The predicted molar refractivity (Wildman–Crippen MR) is 81.1 cm³/mol. The van der Waals surface area contributed by atoms with Gasteiger partial charge in [-0.05, 0) is 57.6 Å². The van der Waals surface area contributed by atoms with Crippen LogP contribution < -0.4 is 0 Å². The summed E-state index contributed by atoms with van der Waals surface area (Å²) >= 11 is 10.3. The Labute approximate surface area is 122 Å². The summed E-state index contributed by atoms with van der Waals surface area (Å²) in [5.41, 5.74) is 0. The van der Waals surface area contributed by atoms with Gasteiger partial charge in [0.05, 0.1) is 0 Å². The van der Waals surface area contributed by atoms with Crippen molar-refractivity contribution in [2.45, 2.75) is 25.7 Å². The summed E-state index contributed by atoms with van der Waals surface area (Å²) in [6.07, 6.45) is 4.47. The molecular weight excluding hydrogens is 327 g/mol. The molecular formula is C8H12Cl2O2S4. The average Bonchev–Trinajstić information content (AvgIpc) is 2.20. The fourth-order valence-corrected chi connectivity index (χ4v) is 4.41. The highest BCUT2D eigenvalue weighted by Crippen LogP contribution is 2.27. The molecule has 94 valence electrons. The smallest absolute Gasteiger partial charge is 0.267 e. The largest absolute Gasteiger partial charge is 0.290 e. The van der Waals surface area contributed by atoms with Gasteiger partial charge in [0.2, 0.25) is 0 Å². The fraction of sp³-hybridized carbons (Fsp3) is 0.750. The molecule has 0 atom stereocenters. The van der Waals surface area contributed by atoms with Gasteiger partial charge in [-0.3, -0.25) is 9.59 Å². The summed E-state index contributed by atoms with van der Waals surface area (Å²) in [5, 5.41) is 0. The zero-order valence-corrected chi connectivity index (χ0v) is 13.2. The summed E-state index contributed by atoms with van der Waals surface area (Å²) in [6.45, 7) is 0. The van der Waals surface area contributed by atoms with Gasteiger partial charge in [-0.15, -0.1) is 0 Å². The van der Waals surface area contributed by atoms with Crippen molar-refractivity contribution in [1.29, 1.82) is 0 Å². The van der Waals surface area contributed by atoms with E-state index >= 15 is 0 Å². The zero-order chi connectivity index (χ0) is 12.2. The lowest BCUT2D eigenvalue weighted by Crippen LogP contribution is -1.83. The Bertz CT molecular complexity index is 194. The van der Waals surface area contributed by atoms with Crippen molar-refractivity contribution in [3.8, 4) is 0 Å². The third-order valence-electron chi connectivity index (χ3n) is 1.45. The maximum absolute atomic E-state index is 10.4. The highest BCUT2D eigenvalue weighted by atomic mass is 35.5. The molecule has 8 heteroatoms. The number of hydrogen-bond acceptors (Lipinski definition) is 6. The van der Waals surface area contributed by atoms with Crippen molar-refractivity contribution >= 4 is 75.5 Å². The van der Waals surface area contributed by atoms with Crippen molar-refractivity contribution < 1.29 is 9.59 Å². The highest BCUT2D eigenvalue weighted by Gasteiger charge is 1.99. The van der Waals surface area contributed by atoms with E-state index in [1.165, 1.54) is 21.6 Å². The van der Waals surface area contributed by atoms with E-state index in [4.69, 9.17) is 23.2 Å². The van der Waals surface area contributed by atoms with Crippen molar-refractivity contribution in [3.05, 3.63) is 0 Å². The number of carbonyl (C=O) groups excluding carboxylic acids is 2. The van der Waals surface area contributed by atoms with E-state index in [1.54, 1.807) is 0 Å². The molecule has 0 aromatic heterocycles. The Morgan fingerprint density at radius 1 is 0.750 bits per heavy atom. The van der Waals surface area contributed by atoms with E-state index in [-0.39, 0.29) is 9.15 Å². The molecule has 16 heavy (non-hydrogen) atoms. The van der Waals surface area contributed by atoms with E-state index in [2.05, 4.69) is 0 Å². The van der Waals surface area contributed by atoms with Crippen LogP contribution in [0.5, 0.6) is 0 Å². The monoisotopic (exact) mass is 338 g/mol. The Balaban J connectivity index is 2.98. The van der Waals surface area contributed by atoms with Gasteiger partial charge in [0.1, 0.15) is 0 Å². The molecule has 0 aromatic rings. The molecule has 2 nitrogen and oxygen atoms in total. The lowest BCUT2D eigenvalue weighted by Gasteiger charge is -1.99. The summed E-state index contributed by atoms with van der Waals surface area (Å²) in [4.78, 5) is 20.7. The summed E-state index contributed by atoms with van der Waals surface area (Å²) in [7, 11) is 5.17. The van der Waals surface area contributed by atoms with Crippen LogP contribution in [0.3, 0.4) is 0 Å². The molecule has 0 saturated carbocycles. The van der Waals surface area contributed by atoms with E-state index in [0.717, 1.165) is 58.8 Å². The molecule has 0 amide bonds. The highest BCUT2D eigenvalue weighted by molar-refractivity contribution is 8.83. The Hall–Kier alpha value is 1.32. The van der Waals surface area contributed by atoms with Crippen molar-refractivity contribution in [2.24, 2.45) is 0 Å². The molecule has 0 aliphatic heterocycles. The topological polar surface area (TPSA) is 34.1 Å². The molecule has 0 radical (unpaired) electrons. The third kappa shape index (κ3) is 15.3. The van der Waals surface area contributed by atoms with E-state index < -0.39 is 0 Å². The number of rotatable bonds is 9. The quantitative estimate of drug-likeness (QED) is 0.290.